The molecule has 94 valence electrons. The number of hydrogen-bond donors (Lipinski definition) is 1. The predicted octanol–water partition coefficient (Wildman–Crippen LogP) is 2.83. The second-order valence-corrected chi connectivity index (χ2v) is 3.85. The monoisotopic (exact) mass is 228 g/mol. The van der Waals surface area contributed by atoms with Crippen LogP contribution in [0.3, 0.4) is 0 Å². The van der Waals surface area contributed by atoms with Crippen molar-refractivity contribution in [2.45, 2.75) is 51.9 Å². The molecular formula is C13H24O3. The average Bonchev–Trinajstić information content (AvgIpc) is 2.30. The first-order valence-corrected chi connectivity index (χ1v) is 6.25. The van der Waals surface area contributed by atoms with Crippen molar-refractivity contribution < 1.29 is 14.6 Å². The van der Waals surface area contributed by atoms with Gasteiger partial charge in [0.25, 0.3) is 0 Å². The number of esters is 1. The van der Waals surface area contributed by atoms with Crippen molar-refractivity contribution in [1.29, 1.82) is 0 Å². The third-order valence-electron chi connectivity index (χ3n) is 2.31. The van der Waals surface area contributed by atoms with Crippen LogP contribution >= 0.6 is 0 Å². The molecule has 0 atom stereocenters. The number of rotatable bonds is 10. The Bertz CT molecular complexity index is 188. The van der Waals surface area contributed by atoms with Crippen LogP contribution in [0, 0.1) is 0 Å². The standard InChI is InChI=1S/C13H24O3/c1-2-3-4-5-6-7-8-9-10-13(15)16-12-11-14/h9-10,14H,2-8,11-12H2,1H3. The molecule has 0 aromatic heterocycles. The maximum absolute atomic E-state index is 11.0. The molecule has 3 heteroatoms. The van der Waals surface area contributed by atoms with E-state index in [1.807, 2.05) is 6.08 Å². The van der Waals surface area contributed by atoms with E-state index in [4.69, 9.17) is 5.11 Å². The summed E-state index contributed by atoms with van der Waals surface area (Å²) in [5.74, 6) is -0.361. The Labute approximate surface area is 98.5 Å². The van der Waals surface area contributed by atoms with Crippen molar-refractivity contribution in [2.24, 2.45) is 0 Å². The molecule has 0 fully saturated rings. The number of hydrogen-bond acceptors (Lipinski definition) is 3. The van der Waals surface area contributed by atoms with Gasteiger partial charge in [0.15, 0.2) is 0 Å². The summed E-state index contributed by atoms with van der Waals surface area (Å²) in [7, 11) is 0. The lowest BCUT2D eigenvalue weighted by Crippen LogP contribution is -2.04. The number of carbonyl (C=O) groups excluding carboxylic acids is 1. The molecule has 0 amide bonds. The van der Waals surface area contributed by atoms with E-state index in [9.17, 15) is 4.79 Å². The second-order valence-electron chi connectivity index (χ2n) is 3.85. The Morgan fingerprint density at radius 1 is 1.19 bits per heavy atom. The SMILES string of the molecule is CCCCCCCCC=CC(=O)OCCO. The molecule has 0 rings (SSSR count). The summed E-state index contributed by atoms with van der Waals surface area (Å²) in [5, 5.41) is 8.43. The van der Waals surface area contributed by atoms with Gasteiger partial charge in [-0.15, -0.1) is 0 Å². The largest absolute Gasteiger partial charge is 0.460 e. The first-order chi connectivity index (χ1) is 7.81. The van der Waals surface area contributed by atoms with Gasteiger partial charge in [-0.25, -0.2) is 4.79 Å². The highest BCUT2D eigenvalue weighted by atomic mass is 16.5. The number of allylic oxidation sites excluding steroid dienone is 1. The van der Waals surface area contributed by atoms with Gasteiger partial charge in [0.2, 0.25) is 0 Å². The van der Waals surface area contributed by atoms with Crippen LogP contribution in [0.4, 0.5) is 0 Å². The molecule has 1 N–H and O–H groups in total. The summed E-state index contributed by atoms with van der Waals surface area (Å²) in [6.45, 7) is 2.18. The molecule has 0 unspecified atom stereocenters. The van der Waals surface area contributed by atoms with Gasteiger partial charge in [0.05, 0.1) is 6.61 Å². The van der Waals surface area contributed by atoms with Crippen LogP contribution in [0.2, 0.25) is 0 Å². The highest BCUT2D eigenvalue weighted by molar-refractivity contribution is 5.81. The molecule has 0 aliphatic carbocycles. The van der Waals surface area contributed by atoms with Crippen molar-refractivity contribution in [3.05, 3.63) is 12.2 Å². The molecule has 0 aromatic rings. The second kappa shape index (κ2) is 12.2. The van der Waals surface area contributed by atoms with Crippen LogP contribution in [0.25, 0.3) is 0 Å². The van der Waals surface area contributed by atoms with E-state index in [-0.39, 0.29) is 19.2 Å². The predicted molar refractivity (Wildman–Crippen MR) is 65.2 cm³/mol. The van der Waals surface area contributed by atoms with Crippen molar-refractivity contribution in [2.75, 3.05) is 13.2 Å². The zero-order valence-electron chi connectivity index (χ0n) is 10.3. The fraction of sp³-hybridized carbons (Fsp3) is 0.769. The van der Waals surface area contributed by atoms with Crippen molar-refractivity contribution in [3.8, 4) is 0 Å². The molecule has 0 aliphatic heterocycles. The average molecular weight is 228 g/mol. The van der Waals surface area contributed by atoms with Gasteiger partial charge < -0.3 is 9.84 Å². The van der Waals surface area contributed by atoms with E-state index in [0.717, 1.165) is 12.8 Å². The summed E-state index contributed by atoms with van der Waals surface area (Å²) in [5.41, 5.74) is 0. The minimum atomic E-state index is -0.361. The van der Waals surface area contributed by atoms with E-state index in [0.29, 0.717) is 0 Å². The molecule has 0 aromatic carbocycles. The van der Waals surface area contributed by atoms with Crippen molar-refractivity contribution in [1.82, 2.24) is 0 Å². The zero-order chi connectivity index (χ0) is 12.1. The normalized spacial score (nSPS) is 10.9. The third-order valence-corrected chi connectivity index (χ3v) is 2.31. The van der Waals surface area contributed by atoms with Crippen LogP contribution in [-0.2, 0) is 9.53 Å². The first-order valence-electron chi connectivity index (χ1n) is 6.25. The minimum Gasteiger partial charge on any atom is -0.460 e. The van der Waals surface area contributed by atoms with Gasteiger partial charge in [0, 0.05) is 6.08 Å². The number of aliphatic hydroxyl groups excluding tert-OH is 1. The Morgan fingerprint density at radius 2 is 1.88 bits per heavy atom. The maximum atomic E-state index is 11.0. The van der Waals surface area contributed by atoms with E-state index >= 15 is 0 Å². The summed E-state index contributed by atoms with van der Waals surface area (Å²) >= 11 is 0. The molecule has 0 saturated heterocycles. The topological polar surface area (TPSA) is 46.5 Å². The number of ether oxygens (including phenoxy) is 1. The van der Waals surface area contributed by atoms with Gasteiger partial charge in [-0.3, -0.25) is 0 Å². The Kier molecular flexibility index (Phi) is 11.6. The molecule has 0 radical (unpaired) electrons. The van der Waals surface area contributed by atoms with E-state index in [2.05, 4.69) is 11.7 Å². The van der Waals surface area contributed by atoms with Crippen LogP contribution < -0.4 is 0 Å². The quantitative estimate of drug-likeness (QED) is 0.355. The number of unbranched alkanes of at least 4 members (excludes halogenated alkanes) is 6. The molecule has 0 aliphatic rings. The molecule has 16 heavy (non-hydrogen) atoms. The fourth-order valence-corrected chi connectivity index (χ4v) is 1.42. The minimum absolute atomic E-state index is 0.0835. The molecular weight excluding hydrogens is 204 g/mol. The Hall–Kier alpha value is -0.830. The lowest BCUT2D eigenvalue weighted by molar-refractivity contribution is -0.138. The molecule has 3 nitrogen and oxygen atoms in total. The maximum Gasteiger partial charge on any atom is 0.330 e. The van der Waals surface area contributed by atoms with Crippen LogP contribution in [0.1, 0.15) is 51.9 Å². The molecule has 0 bridgehead atoms. The van der Waals surface area contributed by atoms with Gasteiger partial charge in [0.1, 0.15) is 6.61 Å². The lowest BCUT2D eigenvalue weighted by Gasteiger charge is -1.98. The highest BCUT2D eigenvalue weighted by Gasteiger charge is 1.94. The van der Waals surface area contributed by atoms with Crippen LogP contribution in [-0.4, -0.2) is 24.3 Å². The fourth-order valence-electron chi connectivity index (χ4n) is 1.42. The first kappa shape index (κ1) is 15.2. The van der Waals surface area contributed by atoms with Gasteiger partial charge in [-0.2, -0.15) is 0 Å². The van der Waals surface area contributed by atoms with E-state index in [1.54, 1.807) is 0 Å². The van der Waals surface area contributed by atoms with Gasteiger partial charge >= 0.3 is 5.97 Å². The summed E-state index contributed by atoms with van der Waals surface area (Å²) in [6.07, 6.45) is 11.8. The van der Waals surface area contributed by atoms with Crippen LogP contribution in [0.15, 0.2) is 12.2 Å². The molecule has 0 spiro atoms. The molecule has 0 saturated carbocycles. The van der Waals surface area contributed by atoms with Crippen LogP contribution in [0.5, 0.6) is 0 Å². The number of aliphatic hydroxyl groups is 1. The Balaban J connectivity index is 3.23. The lowest BCUT2D eigenvalue weighted by atomic mass is 10.1. The summed E-state index contributed by atoms with van der Waals surface area (Å²) in [6, 6.07) is 0. The number of carbonyl (C=O) groups is 1. The van der Waals surface area contributed by atoms with Gasteiger partial charge in [-0.1, -0.05) is 45.1 Å². The van der Waals surface area contributed by atoms with Gasteiger partial charge in [-0.05, 0) is 12.8 Å². The smallest absolute Gasteiger partial charge is 0.330 e. The van der Waals surface area contributed by atoms with E-state index in [1.165, 1.54) is 38.2 Å². The van der Waals surface area contributed by atoms with Crippen molar-refractivity contribution in [3.63, 3.8) is 0 Å². The summed E-state index contributed by atoms with van der Waals surface area (Å²) < 4.78 is 4.68. The van der Waals surface area contributed by atoms with E-state index < -0.39 is 0 Å². The summed E-state index contributed by atoms with van der Waals surface area (Å²) in [4.78, 5) is 11.0. The third kappa shape index (κ3) is 11.2. The Morgan fingerprint density at radius 3 is 2.56 bits per heavy atom. The molecule has 0 heterocycles. The highest BCUT2D eigenvalue weighted by Crippen LogP contribution is 2.07. The van der Waals surface area contributed by atoms with Crippen molar-refractivity contribution >= 4 is 5.97 Å². The zero-order valence-corrected chi connectivity index (χ0v) is 10.3.